The molecule has 3 aromatic carbocycles. The lowest BCUT2D eigenvalue weighted by atomic mass is 9.92. The zero-order valence-electron chi connectivity index (χ0n) is 18.5. The molecule has 4 aromatic rings. The summed E-state index contributed by atoms with van der Waals surface area (Å²) < 4.78 is 6.94. The van der Waals surface area contributed by atoms with Crippen LogP contribution in [0.15, 0.2) is 66.7 Å². The van der Waals surface area contributed by atoms with Crippen molar-refractivity contribution in [1.29, 1.82) is 0 Å². The number of aromatic nitrogens is 2. The zero-order chi connectivity index (χ0) is 22.9. The van der Waals surface area contributed by atoms with Gasteiger partial charge >= 0.3 is 6.03 Å². The quantitative estimate of drug-likeness (QED) is 0.363. The van der Waals surface area contributed by atoms with E-state index in [9.17, 15) is 9.90 Å². The summed E-state index contributed by atoms with van der Waals surface area (Å²) in [4.78, 5) is 12.9. The van der Waals surface area contributed by atoms with Crippen LogP contribution >= 0.6 is 0 Å². The Balaban J connectivity index is 1.65. The van der Waals surface area contributed by atoms with E-state index in [0.29, 0.717) is 16.9 Å². The number of urea groups is 1. The lowest BCUT2D eigenvalue weighted by Crippen LogP contribution is -2.21. The first-order valence-corrected chi connectivity index (χ1v) is 10.3. The van der Waals surface area contributed by atoms with Gasteiger partial charge in [-0.05, 0) is 36.4 Å². The van der Waals surface area contributed by atoms with E-state index in [-0.39, 0.29) is 11.2 Å². The van der Waals surface area contributed by atoms with Crippen molar-refractivity contribution in [3.63, 3.8) is 0 Å². The maximum absolute atomic E-state index is 12.9. The van der Waals surface area contributed by atoms with Crippen molar-refractivity contribution in [2.75, 3.05) is 17.7 Å². The fourth-order valence-corrected chi connectivity index (χ4v) is 3.42. The standard InChI is InChI=1S/C25H26N4O3/c1-25(2,3)22-15-23(29(28-22)16-9-11-17(32-4)12-10-16)27-24(31)26-20-13-14-21(30)19-8-6-5-7-18(19)20/h5-15,30H,1-4H3,(H2,26,27,31). The van der Waals surface area contributed by atoms with Gasteiger partial charge in [-0.2, -0.15) is 5.10 Å². The second-order valence-corrected chi connectivity index (χ2v) is 8.53. The highest BCUT2D eigenvalue weighted by molar-refractivity contribution is 6.07. The van der Waals surface area contributed by atoms with Crippen LogP contribution in [0.5, 0.6) is 11.5 Å². The molecule has 0 unspecified atom stereocenters. The molecule has 0 spiro atoms. The van der Waals surface area contributed by atoms with Gasteiger partial charge in [0.15, 0.2) is 0 Å². The minimum atomic E-state index is -0.407. The number of phenols is 1. The van der Waals surface area contributed by atoms with E-state index in [1.807, 2.05) is 54.6 Å². The van der Waals surface area contributed by atoms with Crippen molar-refractivity contribution in [2.45, 2.75) is 26.2 Å². The molecule has 0 saturated carbocycles. The summed E-state index contributed by atoms with van der Waals surface area (Å²) in [5, 5.41) is 22.0. The van der Waals surface area contributed by atoms with Crippen LogP contribution in [-0.4, -0.2) is 28.0 Å². The Kier molecular flexibility index (Phi) is 5.48. The highest BCUT2D eigenvalue weighted by Gasteiger charge is 2.22. The SMILES string of the molecule is COc1ccc(-n2nc(C(C)(C)C)cc2NC(=O)Nc2ccc(O)c3ccccc23)cc1. The van der Waals surface area contributed by atoms with Gasteiger partial charge in [-0.1, -0.05) is 45.0 Å². The molecule has 0 fully saturated rings. The molecule has 32 heavy (non-hydrogen) atoms. The van der Waals surface area contributed by atoms with E-state index in [1.165, 1.54) is 0 Å². The molecule has 0 radical (unpaired) electrons. The fraction of sp³-hybridized carbons (Fsp3) is 0.200. The van der Waals surface area contributed by atoms with Gasteiger partial charge in [-0.15, -0.1) is 0 Å². The number of hydrogen-bond donors (Lipinski definition) is 3. The molecule has 1 heterocycles. The van der Waals surface area contributed by atoms with Gasteiger partial charge in [0, 0.05) is 22.3 Å². The van der Waals surface area contributed by atoms with Gasteiger partial charge in [0.05, 0.1) is 24.2 Å². The Morgan fingerprint density at radius 3 is 2.31 bits per heavy atom. The maximum Gasteiger partial charge on any atom is 0.324 e. The van der Waals surface area contributed by atoms with Crippen LogP contribution in [0, 0.1) is 0 Å². The maximum atomic E-state index is 12.9. The summed E-state index contributed by atoms with van der Waals surface area (Å²) in [6, 6.07) is 19.5. The molecule has 3 N–H and O–H groups in total. The first kappa shape index (κ1) is 21.2. The van der Waals surface area contributed by atoms with Crippen molar-refractivity contribution >= 4 is 28.3 Å². The molecule has 0 atom stereocenters. The second-order valence-electron chi connectivity index (χ2n) is 8.53. The lowest BCUT2D eigenvalue weighted by Gasteiger charge is -2.14. The predicted molar refractivity (Wildman–Crippen MR) is 127 cm³/mol. The molecular formula is C25H26N4O3. The lowest BCUT2D eigenvalue weighted by molar-refractivity contribution is 0.262. The number of phenolic OH excluding ortho intramolecular Hbond substituents is 1. The molecule has 0 aliphatic rings. The fourth-order valence-electron chi connectivity index (χ4n) is 3.42. The van der Waals surface area contributed by atoms with Crippen molar-refractivity contribution in [3.05, 3.63) is 72.4 Å². The van der Waals surface area contributed by atoms with E-state index in [0.717, 1.165) is 22.5 Å². The van der Waals surface area contributed by atoms with Crippen LogP contribution in [0.3, 0.4) is 0 Å². The van der Waals surface area contributed by atoms with E-state index < -0.39 is 6.03 Å². The Morgan fingerprint density at radius 1 is 0.969 bits per heavy atom. The topological polar surface area (TPSA) is 88.4 Å². The molecule has 164 valence electrons. The number of methoxy groups -OCH3 is 1. The van der Waals surface area contributed by atoms with E-state index in [2.05, 4.69) is 31.4 Å². The second kappa shape index (κ2) is 8.26. The highest BCUT2D eigenvalue weighted by atomic mass is 16.5. The van der Waals surface area contributed by atoms with Crippen LogP contribution in [0.25, 0.3) is 16.5 Å². The summed E-state index contributed by atoms with van der Waals surface area (Å²) in [7, 11) is 1.62. The number of nitrogens with zero attached hydrogens (tertiary/aromatic N) is 2. The zero-order valence-corrected chi connectivity index (χ0v) is 18.5. The molecular weight excluding hydrogens is 404 g/mol. The number of ether oxygens (including phenoxy) is 1. The van der Waals surface area contributed by atoms with Gasteiger partial charge in [-0.3, -0.25) is 5.32 Å². The normalized spacial score (nSPS) is 11.4. The summed E-state index contributed by atoms with van der Waals surface area (Å²) in [6.45, 7) is 6.21. The third kappa shape index (κ3) is 4.23. The average molecular weight is 431 g/mol. The number of hydrogen-bond acceptors (Lipinski definition) is 4. The predicted octanol–water partition coefficient (Wildman–Crippen LogP) is 5.68. The van der Waals surface area contributed by atoms with E-state index in [4.69, 9.17) is 9.84 Å². The van der Waals surface area contributed by atoms with Crippen LogP contribution in [0.1, 0.15) is 26.5 Å². The number of carbonyl (C=O) groups excluding carboxylic acids is 1. The summed E-state index contributed by atoms with van der Waals surface area (Å²) in [5.74, 6) is 1.45. The minimum Gasteiger partial charge on any atom is -0.507 e. The van der Waals surface area contributed by atoms with Gasteiger partial charge in [0.2, 0.25) is 0 Å². The summed E-state index contributed by atoms with van der Waals surface area (Å²) >= 11 is 0. The summed E-state index contributed by atoms with van der Waals surface area (Å²) in [5.41, 5.74) is 2.05. The number of fused-ring (bicyclic) bond motifs is 1. The van der Waals surface area contributed by atoms with Crippen LogP contribution < -0.4 is 15.4 Å². The Morgan fingerprint density at radius 2 is 1.66 bits per heavy atom. The van der Waals surface area contributed by atoms with Crippen molar-refractivity contribution < 1.29 is 14.6 Å². The number of benzene rings is 3. The molecule has 0 aliphatic heterocycles. The highest BCUT2D eigenvalue weighted by Crippen LogP contribution is 2.31. The molecule has 0 saturated heterocycles. The van der Waals surface area contributed by atoms with Crippen molar-refractivity contribution in [1.82, 2.24) is 9.78 Å². The Labute approximate surface area is 186 Å². The number of anilines is 2. The van der Waals surface area contributed by atoms with Crippen molar-refractivity contribution in [3.8, 4) is 17.2 Å². The number of nitrogens with one attached hydrogen (secondary N) is 2. The third-order valence-electron chi connectivity index (χ3n) is 5.19. The van der Waals surface area contributed by atoms with Crippen LogP contribution in [0.4, 0.5) is 16.3 Å². The Bertz CT molecular complexity index is 1270. The molecule has 0 bridgehead atoms. The number of rotatable bonds is 4. The third-order valence-corrected chi connectivity index (χ3v) is 5.19. The molecule has 2 amide bonds. The van der Waals surface area contributed by atoms with Crippen molar-refractivity contribution in [2.24, 2.45) is 0 Å². The first-order valence-electron chi connectivity index (χ1n) is 10.3. The smallest absolute Gasteiger partial charge is 0.324 e. The molecule has 0 aliphatic carbocycles. The van der Waals surface area contributed by atoms with Crippen LogP contribution in [-0.2, 0) is 5.41 Å². The minimum absolute atomic E-state index is 0.166. The number of carbonyl (C=O) groups is 1. The van der Waals surface area contributed by atoms with Gasteiger partial charge in [0.1, 0.15) is 17.3 Å². The first-order chi connectivity index (χ1) is 15.3. The van der Waals surface area contributed by atoms with Gasteiger partial charge < -0.3 is 15.2 Å². The average Bonchev–Trinajstić information content (AvgIpc) is 3.20. The monoisotopic (exact) mass is 430 g/mol. The Hall–Kier alpha value is -4.00. The molecule has 4 rings (SSSR count). The molecule has 7 nitrogen and oxygen atoms in total. The molecule has 1 aromatic heterocycles. The van der Waals surface area contributed by atoms with E-state index in [1.54, 1.807) is 23.9 Å². The summed E-state index contributed by atoms with van der Waals surface area (Å²) in [6.07, 6.45) is 0. The van der Waals surface area contributed by atoms with Gasteiger partial charge in [-0.25, -0.2) is 9.48 Å². The van der Waals surface area contributed by atoms with E-state index >= 15 is 0 Å². The number of aromatic hydroxyl groups is 1. The molecule has 7 heteroatoms. The largest absolute Gasteiger partial charge is 0.507 e. The van der Waals surface area contributed by atoms with Gasteiger partial charge in [0.25, 0.3) is 0 Å². The number of amides is 2. The van der Waals surface area contributed by atoms with Crippen LogP contribution in [0.2, 0.25) is 0 Å².